The number of rotatable bonds is 4. The van der Waals surface area contributed by atoms with Crippen molar-refractivity contribution in [2.45, 2.75) is 37.8 Å². The first-order chi connectivity index (χ1) is 11.9. The van der Waals surface area contributed by atoms with Gasteiger partial charge in [0.2, 0.25) is 0 Å². The van der Waals surface area contributed by atoms with Gasteiger partial charge >= 0.3 is 11.9 Å². The normalized spacial score (nSPS) is 30.9. The van der Waals surface area contributed by atoms with Gasteiger partial charge in [0.15, 0.2) is 12.3 Å². The number of benzene rings is 1. The Bertz CT molecular complexity index is 691. The zero-order valence-corrected chi connectivity index (χ0v) is 13.9. The number of aliphatic hydroxyl groups is 1. The predicted octanol–water partition coefficient (Wildman–Crippen LogP) is 0.152. The van der Waals surface area contributed by atoms with Crippen LogP contribution in [0.3, 0.4) is 0 Å². The molecule has 0 spiro atoms. The van der Waals surface area contributed by atoms with Gasteiger partial charge in [-0.05, 0) is 6.92 Å². The van der Waals surface area contributed by atoms with E-state index in [0.717, 1.165) is 6.92 Å². The molecule has 8 heteroatoms. The monoisotopic (exact) mass is 349 g/mol. The molecular weight excluding hydrogens is 330 g/mol. The Labute approximate surface area is 144 Å². The SMILES string of the molecule is CCOC(=O)[C@]1(O)C(=O)N2[C@@H](c3ccccc3)OC[C@@H]2[C@H]1OC(C)=O. The van der Waals surface area contributed by atoms with E-state index in [9.17, 15) is 19.5 Å². The molecule has 0 aliphatic carbocycles. The molecule has 0 radical (unpaired) electrons. The predicted molar refractivity (Wildman–Crippen MR) is 82.9 cm³/mol. The number of nitrogens with zero attached hydrogens (tertiary/aromatic N) is 1. The number of ether oxygens (including phenoxy) is 3. The van der Waals surface area contributed by atoms with Gasteiger partial charge in [-0.15, -0.1) is 0 Å². The third-order valence-electron chi connectivity index (χ3n) is 4.32. The van der Waals surface area contributed by atoms with Crippen LogP contribution in [0, 0.1) is 0 Å². The minimum Gasteiger partial charge on any atom is -0.463 e. The maximum Gasteiger partial charge on any atom is 0.352 e. The van der Waals surface area contributed by atoms with Crippen LogP contribution in [-0.4, -0.2) is 58.8 Å². The van der Waals surface area contributed by atoms with Crippen LogP contribution in [0.5, 0.6) is 0 Å². The third-order valence-corrected chi connectivity index (χ3v) is 4.32. The number of amides is 1. The zero-order valence-electron chi connectivity index (χ0n) is 13.9. The molecule has 0 bridgehead atoms. The molecular formula is C17H19NO7. The first kappa shape index (κ1) is 17.4. The van der Waals surface area contributed by atoms with E-state index < -0.39 is 41.8 Å². The van der Waals surface area contributed by atoms with Crippen molar-refractivity contribution in [3.05, 3.63) is 35.9 Å². The molecule has 1 amide bonds. The lowest BCUT2D eigenvalue weighted by molar-refractivity contribution is -0.186. The van der Waals surface area contributed by atoms with Gasteiger partial charge in [0, 0.05) is 12.5 Å². The van der Waals surface area contributed by atoms with E-state index in [-0.39, 0.29) is 13.2 Å². The van der Waals surface area contributed by atoms with E-state index >= 15 is 0 Å². The van der Waals surface area contributed by atoms with Crippen molar-refractivity contribution in [2.75, 3.05) is 13.2 Å². The van der Waals surface area contributed by atoms with Crippen molar-refractivity contribution in [3.63, 3.8) is 0 Å². The Morgan fingerprint density at radius 2 is 2.04 bits per heavy atom. The first-order valence-corrected chi connectivity index (χ1v) is 7.97. The average Bonchev–Trinajstić information content (AvgIpc) is 3.10. The van der Waals surface area contributed by atoms with E-state index in [1.54, 1.807) is 31.2 Å². The summed E-state index contributed by atoms with van der Waals surface area (Å²) in [5.74, 6) is -2.74. The first-order valence-electron chi connectivity index (χ1n) is 7.97. The van der Waals surface area contributed by atoms with E-state index in [2.05, 4.69) is 0 Å². The quantitative estimate of drug-likeness (QED) is 0.610. The molecule has 0 aromatic heterocycles. The van der Waals surface area contributed by atoms with Crippen LogP contribution in [0.2, 0.25) is 0 Å². The molecule has 1 aromatic carbocycles. The summed E-state index contributed by atoms with van der Waals surface area (Å²) in [6.07, 6.45) is -2.18. The highest BCUT2D eigenvalue weighted by Gasteiger charge is 2.69. The van der Waals surface area contributed by atoms with Crippen molar-refractivity contribution in [2.24, 2.45) is 0 Å². The minimum absolute atomic E-state index is 0.0188. The van der Waals surface area contributed by atoms with Gasteiger partial charge in [-0.2, -0.15) is 0 Å². The van der Waals surface area contributed by atoms with Crippen molar-refractivity contribution >= 4 is 17.8 Å². The second kappa shape index (κ2) is 6.45. The Kier molecular flexibility index (Phi) is 4.49. The molecule has 1 aromatic rings. The molecule has 8 nitrogen and oxygen atoms in total. The van der Waals surface area contributed by atoms with Gasteiger partial charge < -0.3 is 24.2 Å². The van der Waals surface area contributed by atoms with Crippen molar-refractivity contribution in [1.82, 2.24) is 4.90 Å². The maximum absolute atomic E-state index is 12.9. The minimum atomic E-state index is -2.58. The zero-order chi connectivity index (χ0) is 18.2. The summed E-state index contributed by atoms with van der Waals surface area (Å²) < 4.78 is 15.7. The van der Waals surface area contributed by atoms with E-state index in [1.165, 1.54) is 4.90 Å². The molecule has 0 unspecified atom stereocenters. The summed E-state index contributed by atoms with van der Waals surface area (Å²) in [5, 5.41) is 10.8. The summed E-state index contributed by atoms with van der Waals surface area (Å²) >= 11 is 0. The van der Waals surface area contributed by atoms with Crippen LogP contribution in [0.1, 0.15) is 25.6 Å². The molecule has 3 rings (SSSR count). The highest BCUT2D eigenvalue weighted by Crippen LogP contribution is 2.43. The van der Waals surface area contributed by atoms with E-state index in [4.69, 9.17) is 14.2 Å². The summed E-state index contributed by atoms with van der Waals surface area (Å²) in [5.41, 5.74) is -1.89. The van der Waals surface area contributed by atoms with Crippen LogP contribution in [0.4, 0.5) is 0 Å². The van der Waals surface area contributed by atoms with E-state index in [0.29, 0.717) is 5.56 Å². The van der Waals surface area contributed by atoms with Gasteiger partial charge in [-0.3, -0.25) is 9.59 Å². The van der Waals surface area contributed by atoms with Gasteiger partial charge in [0.1, 0.15) is 0 Å². The van der Waals surface area contributed by atoms with E-state index in [1.807, 2.05) is 6.07 Å². The van der Waals surface area contributed by atoms with Gasteiger partial charge in [0.05, 0.1) is 19.3 Å². The molecule has 134 valence electrons. The van der Waals surface area contributed by atoms with Crippen LogP contribution in [-0.2, 0) is 28.6 Å². The Morgan fingerprint density at radius 1 is 1.36 bits per heavy atom. The van der Waals surface area contributed by atoms with Crippen molar-refractivity contribution in [3.8, 4) is 0 Å². The molecule has 2 fully saturated rings. The number of hydrogen-bond donors (Lipinski definition) is 1. The summed E-state index contributed by atoms with van der Waals surface area (Å²) in [7, 11) is 0. The smallest absolute Gasteiger partial charge is 0.352 e. The van der Waals surface area contributed by atoms with Crippen molar-refractivity contribution < 1.29 is 33.7 Å². The largest absolute Gasteiger partial charge is 0.463 e. The van der Waals surface area contributed by atoms with Crippen molar-refractivity contribution in [1.29, 1.82) is 0 Å². The molecule has 25 heavy (non-hydrogen) atoms. The fourth-order valence-corrected chi connectivity index (χ4v) is 3.27. The van der Waals surface area contributed by atoms with Crippen LogP contribution in [0.25, 0.3) is 0 Å². The number of esters is 2. The van der Waals surface area contributed by atoms with Crippen LogP contribution < -0.4 is 0 Å². The molecule has 4 atom stereocenters. The van der Waals surface area contributed by atoms with Gasteiger partial charge in [0.25, 0.3) is 11.5 Å². The maximum atomic E-state index is 12.9. The van der Waals surface area contributed by atoms with Crippen LogP contribution >= 0.6 is 0 Å². The molecule has 1 N–H and O–H groups in total. The number of hydrogen-bond acceptors (Lipinski definition) is 7. The Balaban J connectivity index is 2.00. The molecule has 2 aliphatic rings. The molecule has 2 aliphatic heterocycles. The molecule has 2 saturated heterocycles. The fourth-order valence-electron chi connectivity index (χ4n) is 3.27. The summed E-state index contributed by atoms with van der Waals surface area (Å²) in [4.78, 5) is 37.9. The lowest BCUT2D eigenvalue weighted by atomic mass is 9.96. The second-order valence-corrected chi connectivity index (χ2v) is 5.89. The van der Waals surface area contributed by atoms with Gasteiger partial charge in [-0.25, -0.2) is 4.79 Å². The summed E-state index contributed by atoms with van der Waals surface area (Å²) in [6.45, 7) is 2.69. The summed E-state index contributed by atoms with van der Waals surface area (Å²) in [6, 6.07) is 8.14. The average molecular weight is 349 g/mol. The molecule has 2 heterocycles. The topological polar surface area (TPSA) is 102 Å². The number of carbonyl (C=O) groups is 3. The lowest BCUT2D eigenvalue weighted by Gasteiger charge is -2.26. The Hall–Kier alpha value is -2.45. The van der Waals surface area contributed by atoms with Crippen LogP contribution in [0.15, 0.2) is 30.3 Å². The highest BCUT2D eigenvalue weighted by molar-refractivity contribution is 6.09. The molecule has 0 saturated carbocycles. The third kappa shape index (κ3) is 2.67. The standard InChI is InChI=1S/C17H19NO7/c1-3-23-16(21)17(22)13(25-10(2)19)12-9-24-14(18(12)15(17)20)11-7-5-4-6-8-11/h4-8,12-14,22H,3,9H2,1-2H3/t12-,13-,14-,17-/m1/s1. The fraction of sp³-hybridized carbons (Fsp3) is 0.471. The number of carbonyl (C=O) groups excluding carboxylic acids is 3. The highest BCUT2D eigenvalue weighted by atomic mass is 16.6. The lowest BCUT2D eigenvalue weighted by Crippen LogP contribution is -2.56. The van der Waals surface area contributed by atoms with Gasteiger partial charge in [-0.1, -0.05) is 30.3 Å². The second-order valence-electron chi connectivity index (χ2n) is 5.89. The Morgan fingerprint density at radius 3 is 2.64 bits per heavy atom. The number of fused-ring (bicyclic) bond motifs is 1.